The molecule has 2 fully saturated rings. The van der Waals surface area contributed by atoms with Crippen LogP contribution in [0.4, 0.5) is 0 Å². The van der Waals surface area contributed by atoms with Gasteiger partial charge in [-0.3, -0.25) is 14.6 Å². The normalized spacial score (nSPS) is 40.0. The first kappa shape index (κ1) is 19.7. The number of aromatic nitrogens is 1. The van der Waals surface area contributed by atoms with Gasteiger partial charge in [-0.1, -0.05) is 31.6 Å². The zero-order valence-electron chi connectivity index (χ0n) is 17.9. The highest BCUT2D eigenvalue weighted by Crippen LogP contribution is 2.65. The number of carbonyl (C=O) groups is 2. The summed E-state index contributed by atoms with van der Waals surface area (Å²) in [6.07, 6.45) is 14.2. The number of hydrogen-bond acceptors (Lipinski definition) is 3. The van der Waals surface area contributed by atoms with E-state index in [0.29, 0.717) is 17.6 Å². The first-order valence-electron chi connectivity index (χ1n) is 11.4. The second kappa shape index (κ2) is 6.90. The summed E-state index contributed by atoms with van der Waals surface area (Å²) < 4.78 is 0. The van der Waals surface area contributed by atoms with Crippen molar-refractivity contribution in [3.05, 3.63) is 47.8 Å². The molecule has 4 nitrogen and oxygen atoms in total. The number of nitrogens with zero attached hydrogens (tertiary/aromatic N) is 1. The van der Waals surface area contributed by atoms with Crippen LogP contribution >= 0.6 is 0 Å². The summed E-state index contributed by atoms with van der Waals surface area (Å²) in [5.74, 6) is 0.558. The SMILES string of the molecule is C[C@]12CC[C@H](CC(=O)O)CC1=CC(=O)[C@@H]1[C@@H]2CC[C@]2(C)C(c3cccnc3)=CC[C@@H]12. The number of allylic oxidation sites excluding steroid dienone is 4. The molecular formula is C26H31NO3. The van der Waals surface area contributed by atoms with Crippen molar-refractivity contribution in [1.29, 1.82) is 0 Å². The van der Waals surface area contributed by atoms with E-state index in [9.17, 15) is 14.7 Å². The van der Waals surface area contributed by atoms with Gasteiger partial charge in [-0.15, -0.1) is 0 Å². The molecule has 0 saturated heterocycles. The van der Waals surface area contributed by atoms with Crippen molar-refractivity contribution in [3.63, 3.8) is 0 Å². The summed E-state index contributed by atoms with van der Waals surface area (Å²) in [6.45, 7) is 4.71. The monoisotopic (exact) mass is 405 g/mol. The van der Waals surface area contributed by atoms with Gasteiger partial charge >= 0.3 is 5.97 Å². The Kier molecular flexibility index (Phi) is 4.53. The number of fused-ring (bicyclic) bond motifs is 5. The molecule has 0 radical (unpaired) electrons. The summed E-state index contributed by atoms with van der Waals surface area (Å²) in [5.41, 5.74) is 3.87. The summed E-state index contributed by atoms with van der Waals surface area (Å²) in [5, 5.41) is 9.22. The summed E-state index contributed by atoms with van der Waals surface area (Å²) >= 11 is 0. The van der Waals surface area contributed by atoms with E-state index in [1.165, 1.54) is 16.7 Å². The molecule has 0 aliphatic heterocycles. The van der Waals surface area contributed by atoms with Crippen LogP contribution in [0.25, 0.3) is 5.57 Å². The van der Waals surface area contributed by atoms with Crippen LogP contribution in [0.5, 0.6) is 0 Å². The third-order valence-electron chi connectivity index (χ3n) is 9.06. The standard InChI is InChI=1S/C26H31NO3/c1-25-9-7-16(13-23(29)30)12-18(25)14-22(28)24-20-6-5-19(17-4-3-11-27-15-17)26(20,2)10-8-21(24)25/h3-5,11,14-16,20-21,24H,6-10,12-13H2,1-2H3,(H,29,30)/t16-,20-,21-,24-,25-,26+/m0/s1. The van der Waals surface area contributed by atoms with Crippen LogP contribution < -0.4 is 0 Å². The fourth-order valence-electron chi connectivity index (χ4n) is 7.44. The smallest absolute Gasteiger partial charge is 0.303 e. The Balaban J connectivity index is 1.46. The molecule has 0 amide bonds. The first-order valence-corrected chi connectivity index (χ1v) is 11.4. The van der Waals surface area contributed by atoms with Crippen LogP contribution in [0.15, 0.2) is 42.3 Å². The third kappa shape index (κ3) is 2.83. The lowest BCUT2D eigenvalue weighted by atomic mass is 9.46. The van der Waals surface area contributed by atoms with E-state index in [1.54, 1.807) is 0 Å². The van der Waals surface area contributed by atoms with Crippen molar-refractivity contribution in [1.82, 2.24) is 4.98 Å². The molecule has 0 unspecified atom stereocenters. The van der Waals surface area contributed by atoms with E-state index in [0.717, 1.165) is 38.5 Å². The average Bonchev–Trinajstić information content (AvgIpc) is 3.06. The van der Waals surface area contributed by atoms with E-state index in [2.05, 4.69) is 31.0 Å². The van der Waals surface area contributed by atoms with Gasteiger partial charge < -0.3 is 5.11 Å². The van der Waals surface area contributed by atoms with Crippen molar-refractivity contribution >= 4 is 17.3 Å². The Morgan fingerprint density at radius 1 is 1.20 bits per heavy atom. The number of carboxylic acids is 1. The minimum absolute atomic E-state index is 0.0298. The maximum atomic E-state index is 13.5. The highest BCUT2D eigenvalue weighted by atomic mass is 16.4. The Morgan fingerprint density at radius 2 is 2.00 bits per heavy atom. The Morgan fingerprint density at radius 3 is 2.73 bits per heavy atom. The number of aliphatic carboxylic acids is 1. The fraction of sp³-hybridized carbons (Fsp3) is 0.577. The number of carboxylic acid groups (broad SMARTS) is 1. The largest absolute Gasteiger partial charge is 0.481 e. The number of pyridine rings is 1. The van der Waals surface area contributed by atoms with Gasteiger partial charge in [0.15, 0.2) is 5.78 Å². The second-order valence-electron chi connectivity index (χ2n) is 10.5. The zero-order valence-corrected chi connectivity index (χ0v) is 17.9. The van der Waals surface area contributed by atoms with Crippen molar-refractivity contribution < 1.29 is 14.7 Å². The number of hydrogen-bond donors (Lipinski definition) is 1. The van der Waals surface area contributed by atoms with E-state index in [-0.39, 0.29) is 29.1 Å². The minimum Gasteiger partial charge on any atom is -0.481 e. The van der Waals surface area contributed by atoms with Gasteiger partial charge in [0.25, 0.3) is 0 Å². The first-order chi connectivity index (χ1) is 14.3. The highest BCUT2D eigenvalue weighted by molar-refractivity contribution is 5.95. The highest BCUT2D eigenvalue weighted by Gasteiger charge is 2.59. The maximum absolute atomic E-state index is 13.5. The van der Waals surface area contributed by atoms with Gasteiger partial charge in [0, 0.05) is 24.7 Å². The lowest BCUT2D eigenvalue weighted by Crippen LogP contribution is -2.52. The minimum atomic E-state index is -0.724. The van der Waals surface area contributed by atoms with Gasteiger partial charge in [-0.2, -0.15) is 0 Å². The predicted octanol–water partition coefficient (Wildman–Crippen LogP) is 5.31. The molecule has 1 heterocycles. The molecule has 4 aliphatic carbocycles. The lowest BCUT2D eigenvalue weighted by molar-refractivity contribution is -0.138. The molecule has 6 atom stereocenters. The number of ketones is 1. The molecule has 30 heavy (non-hydrogen) atoms. The van der Waals surface area contributed by atoms with Crippen LogP contribution in [0.3, 0.4) is 0 Å². The van der Waals surface area contributed by atoms with Crippen LogP contribution in [0.2, 0.25) is 0 Å². The Labute approximate surface area is 178 Å². The van der Waals surface area contributed by atoms with Crippen molar-refractivity contribution in [2.24, 2.45) is 34.5 Å². The van der Waals surface area contributed by atoms with Crippen molar-refractivity contribution in [2.45, 2.75) is 58.8 Å². The van der Waals surface area contributed by atoms with E-state index in [4.69, 9.17) is 0 Å². The fourth-order valence-corrected chi connectivity index (χ4v) is 7.44. The van der Waals surface area contributed by atoms with Gasteiger partial charge in [0.05, 0.1) is 0 Å². The lowest BCUT2D eigenvalue weighted by Gasteiger charge is -2.57. The molecule has 0 aromatic carbocycles. The Bertz CT molecular complexity index is 948. The van der Waals surface area contributed by atoms with E-state index in [1.807, 2.05) is 24.5 Å². The molecule has 158 valence electrons. The summed E-state index contributed by atoms with van der Waals surface area (Å²) in [4.78, 5) is 29.0. The van der Waals surface area contributed by atoms with Crippen LogP contribution in [0, 0.1) is 34.5 Å². The summed E-state index contributed by atoms with van der Waals surface area (Å²) in [7, 11) is 0. The van der Waals surface area contributed by atoms with Crippen molar-refractivity contribution in [3.8, 4) is 0 Å². The number of carbonyl (C=O) groups excluding carboxylic acids is 1. The van der Waals surface area contributed by atoms with Crippen LogP contribution in [0.1, 0.15) is 64.4 Å². The quantitative estimate of drug-likeness (QED) is 0.740. The predicted molar refractivity (Wildman–Crippen MR) is 115 cm³/mol. The van der Waals surface area contributed by atoms with Crippen LogP contribution in [-0.2, 0) is 9.59 Å². The van der Waals surface area contributed by atoms with Gasteiger partial charge in [0.2, 0.25) is 0 Å². The molecule has 1 aromatic heterocycles. The number of rotatable bonds is 3. The summed E-state index contributed by atoms with van der Waals surface area (Å²) in [6, 6.07) is 4.14. The molecule has 4 heteroatoms. The molecule has 2 saturated carbocycles. The average molecular weight is 406 g/mol. The Hall–Kier alpha value is -2.23. The van der Waals surface area contributed by atoms with Gasteiger partial charge in [-0.05, 0) is 90.4 Å². The second-order valence-corrected chi connectivity index (χ2v) is 10.5. The molecule has 5 rings (SSSR count). The molecule has 0 bridgehead atoms. The van der Waals surface area contributed by atoms with E-state index >= 15 is 0 Å². The van der Waals surface area contributed by atoms with E-state index < -0.39 is 5.97 Å². The zero-order chi connectivity index (χ0) is 21.1. The molecule has 0 spiro atoms. The topological polar surface area (TPSA) is 67.3 Å². The van der Waals surface area contributed by atoms with Crippen molar-refractivity contribution in [2.75, 3.05) is 0 Å². The third-order valence-corrected chi connectivity index (χ3v) is 9.06. The van der Waals surface area contributed by atoms with Crippen LogP contribution in [-0.4, -0.2) is 21.8 Å². The maximum Gasteiger partial charge on any atom is 0.303 e. The molecule has 1 aromatic rings. The van der Waals surface area contributed by atoms with Gasteiger partial charge in [0.1, 0.15) is 0 Å². The molecular weight excluding hydrogens is 374 g/mol. The molecule has 1 N–H and O–H groups in total. The molecule has 4 aliphatic rings. The van der Waals surface area contributed by atoms with Gasteiger partial charge in [-0.25, -0.2) is 0 Å².